The Hall–Kier alpha value is -0.380. The van der Waals surface area contributed by atoms with E-state index in [0.717, 1.165) is 17.8 Å². The van der Waals surface area contributed by atoms with Crippen molar-refractivity contribution >= 4 is 28.7 Å². The Morgan fingerprint density at radius 2 is 2.00 bits per heavy atom. The highest BCUT2D eigenvalue weighted by atomic mass is 35.5. The summed E-state index contributed by atoms with van der Waals surface area (Å²) in [6.45, 7) is 9.48. The Kier molecular flexibility index (Phi) is 7.05. The lowest BCUT2D eigenvalue weighted by molar-refractivity contribution is 0.0789. The zero-order valence-electron chi connectivity index (χ0n) is 12.3. The van der Waals surface area contributed by atoms with Gasteiger partial charge in [0.2, 0.25) is 0 Å². The number of carbonyl (C=O) groups excluding carboxylic acids is 1. The Bertz CT molecular complexity index is 403. The molecule has 0 saturated heterocycles. The third-order valence-corrected chi connectivity index (χ3v) is 4.62. The number of carbonyl (C=O) groups is 1. The molecule has 108 valence electrons. The lowest BCUT2D eigenvalue weighted by Gasteiger charge is -2.31. The van der Waals surface area contributed by atoms with Crippen molar-refractivity contribution in [2.24, 2.45) is 0 Å². The van der Waals surface area contributed by atoms with Crippen LogP contribution in [0.15, 0.2) is 12.1 Å². The fourth-order valence-electron chi connectivity index (χ4n) is 2.25. The van der Waals surface area contributed by atoms with E-state index < -0.39 is 0 Å². The topological polar surface area (TPSA) is 20.3 Å². The van der Waals surface area contributed by atoms with Crippen LogP contribution in [0.3, 0.4) is 0 Å². The smallest absolute Gasteiger partial charge is 0.189 e. The van der Waals surface area contributed by atoms with E-state index in [1.807, 2.05) is 13.0 Å². The minimum atomic E-state index is -0.0772. The van der Waals surface area contributed by atoms with Crippen molar-refractivity contribution in [2.45, 2.75) is 59.0 Å². The number of thiophene rings is 1. The molecule has 1 aromatic heterocycles. The second-order valence-electron chi connectivity index (χ2n) is 5.18. The van der Waals surface area contributed by atoms with Crippen molar-refractivity contribution in [1.82, 2.24) is 4.90 Å². The van der Waals surface area contributed by atoms with Crippen LogP contribution in [-0.4, -0.2) is 29.3 Å². The molecule has 1 rings (SSSR count). The highest BCUT2D eigenvalue weighted by Gasteiger charge is 2.25. The van der Waals surface area contributed by atoms with Crippen molar-refractivity contribution in [3.8, 4) is 0 Å². The molecule has 0 aliphatic heterocycles. The van der Waals surface area contributed by atoms with Gasteiger partial charge in [0, 0.05) is 6.04 Å². The average molecular weight is 302 g/mol. The average Bonchev–Trinajstić information content (AvgIpc) is 2.79. The number of hydrogen-bond acceptors (Lipinski definition) is 3. The quantitative estimate of drug-likeness (QED) is 0.504. The van der Waals surface area contributed by atoms with Crippen molar-refractivity contribution in [3.05, 3.63) is 21.3 Å². The van der Waals surface area contributed by atoms with Crippen molar-refractivity contribution < 1.29 is 4.79 Å². The molecule has 1 unspecified atom stereocenters. The van der Waals surface area contributed by atoms with Crippen molar-refractivity contribution in [3.63, 3.8) is 0 Å². The third kappa shape index (κ3) is 4.90. The Morgan fingerprint density at radius 3 is 2.47 bits per heavy atom. The molecule has 1 atom stereocenters. The van der Waals surface area contributed by atoms with Gasteiger partial charge in [-0.25, -0.2) is 0 Å². The maximum Gasteiger partial charge on any atom is 0.189 e. The zero-order chi connectivity index (χ0) is 14.4. The molecule has 0 spiro atoms. The van der Waals surface area contributed by atoms with Gasteiger partial charge >= 0.3 is 0 Å². The van der Waals surface area contributed by atoms with E-state index in [1.54, 1.807) is 6.07 Å². The normalized spacial score (nSPS) is 13.2. The third-order valence-electron chi connectivity index (χ3n) is 3.38. The molecule has 0 amide bonds. The van der Waals surface area contributed by atoms with Crippen LogP contribution < -0.4 is 0 Å². The van der Waals surface area contributed by atoms with E-state index in [4.69, 9.17) is 11.6 Å². The molecule has 1 heterocycles. The first-order valence-electron chi connectivity index (χ1n) is 7.02. The SMILES string of the molecule is CCCCCN(C(C)C)C(C)C(=O)c1ccc(Cl)s1. The summed E-state index contributed by atoms with van der Waals surface area (Å²) in [4.78, 5) is 15.5. The molecule has 0 aliphatic carbocycles. The van der Waals surface area contributed by atoms with Crippen LogP contribution in [0.5, 0.6) is 0 Å². The number of Topliss-reactive ketones (excluding diaryl/α,β-unsaturated/α-hetero) is 1. The van der Waals surface area contributed by atoms with Crippen LogP contribution in [0.25, 0.3) is 0 Å². The number of halogens is 1. The highest BCUT2D eigenvalue weighted by molar-refractivity contribution is 7.18. The molecule has 19 heavy (non-hydrogen) atoms. The molecule has 0 fully saturated rings. The van der Waals surface area contributed by atoms with E-state index in [-0.39, 0.29) is 11.8 Å². The Morgan fingerprint density at radius 1 is 1.32 bits per heavy atom. The predicted octanol–water partition coefficient (Wildman–Crippen LogP) is 4.87. The number of ketones is 1. The van der Waals surface area contributed by atoms with Crippen LogP contribution in [0, 0.1) is 0 Å². The van der Waals surface area contributed by atoms with Gasteiger partial charge in [-0.1, -0.05) is 31.4 Å². The lowest BCUT2D eigenvalue weighted by Crippen LogP contribution is -2.43. The summed E-state index contributed by atoms with van der Waals surface area (Å²) in [5.41, 5.74) is 0. The highest BCUT2D eigenvalue weighted by Crippen LogP contribution is 2.24. The maximum atomic E-state index is 12.4. The fourth-order valence-corrected chi connectivity index (χ4v) is 3.31. The minimum Gasteiger partial charge on any atom is -0.291 e. The zero-order valence-corrected chi connectivity index (χ0v) is 13.9. The van der Waals surface area contributed by atoms with Gasteiger partial charge in [0.05, 0.1) is 15.3 Å². The molecule has 0 radical (unpaired) electrons. The summed E-state index contributed by atoms with van der Waals surface area (Å²) in [7, 11) is 0. The fraction of sp³-hybridized carbons (Fsp3) is 0.667. The summed E-state index contributed by atoms with van der Waals surface area (Å²) in [6.07, 6.45) is 3.57. The molecular weight excluding hydrogens is 278 g/mol. The first kappa shape index (κ1) is 16.7. The second-order valence-corrected chi connectivity index (χ2v) is 6.90. The van der Waals surface area contributed by atoms with Crippen LogP contribution >= 0.6 is 22.9 Å². The van der Waals surface area contributed by atoms with E-state index in [0.29, 0.717) is 10.4 Å². The molecule has 2 nitrogen and oxygen atoms in total. The number of rotatable bonds is 8. The summed E-state index contributed by atoms with van der Waals surface area (Å²) in [6, 6.07) is 3.93. The van der Waals surface area contributed by atoms with E-state index in [1.165, 1.54) is 24.2 Å². The molecule has 0 bridgehead atoms. The van der Waals surface area contributed by atoms with E-state index >= 15 is 0 Å². The van der Waals surface area contributed by atoms with Gasteiger partial charge in [0.25, 0.3) is 0 Å². The molecule has 0 saturated carbocycles. The summed E-state index contributed by atoms with van der Waals surface area (Å²) < 4.78 is 0.678. The van der Waals surface area contributed by atoms with Crippen LogP contribution in [0.2, 0.25) is 4.34 Å². The van der Waals surface area contributed by atoms with Crippen LogP contribution in [0.1, 0.15) is 56.6 Å². The number of unbranched alkanes of at least 4 members (excludes halogenated alkanes) is 2. The van der Waals surface area contributed by atoms with Gasteiger partial charge in [0.1, 0.15) is 0 Å². The number of hydrogen-bond donors (Lipinski definition) is 0. The van der Waals surface area contributed by atoms with Gasteiger partial charge in [-0.15, -0.1) is 11.3 Å². The summed E-state index contributed by atoms with van der Waals surface area (Å²) in [5.74, 6) is 0.182. The van der Waals surface area contributed by atoms with Gasteiger partial charge < -0.3 is 0 Å². The van der Waals surface area contributed by atoms with Crippen molar-refractivity contribution in [1.29, 1.82) is 0 Å². The van der Waals surface area contributed by atoms with Crippen molar-refractivity contribution in [2.75, 3.05) is 6.54 Å². The molecule has 0 aliphatic rings. The maximum absolute atomic E-state index is 12.4. The molecule has 1 aromatic rings. The predicted molar refractivity (Wildman–Crippen MR) is 84.5 cm³/mol. The standard InChI is InChI=1S/C15H24ClNOS/c1-5-6-7-10-17(11(2)3)12(4)15(18)13-8-9-14(16)19-13/h8-9,11-12H,5-7,10H2,1-4H3. The molecule has 0 N–H and O–H groups in total. The van der Waals surface area contributed by atoms with Gasteiger partial charge in [0.15, 0.2) is 5.78 Å². The Labute approximate surface area is 125 Å². The van der Waals surface area contributed by atoms with Crippen LogP contribution in [-0.2, 0) is 0 Å². The minimum absolute atomic E-state index is 0.0772. The van der Waals surface area contributed by atoms with Gasteiger partial charge in [-0.3, -0.25) is 9.69 Å². The monoisotopic (exact) mass is 301 g/mol. The van der Waals surface area contributed by atoms with Gasteiger partial charge in [-0.2, -0.15) is 0 Å². The first-order chi connectivity index (χ1) is 8.97. The number of nitrogens with zero attached hydrogens (tertiary/aromatic N) is 1. The van der Waals surface area contributed by atoms with E-state index in [2.05, 4.69) is 25.7 Å². The van der Waals surface area contributed by atoms with Gasteiger partial charge in [-0.05, 0) is 45.9 Å². The van der Waals surface area contributed by atoms with E-state index in [9.17, 15) is 4.79 Å². The summed E-state index contributed by atoms with van der Waals surface area (Å²) in [5, 5.41) is 0. The molecular formula is C15H24ClNOS. The Balaban J connectivity index is 2.70. The first-order valence-corrected chi connectivity index (χ1v) is 8.22. The molecule has 4 heteroatoms. The largest absolute Gasteiger partial charge is 0.291 e. The van der Waals surface area contributed by atoms with Crippen LogP contribution in [0.4, 0.5) is 0 Å². The molecule has 0 aromatic carbocycles. The summed E-state index contributed by atoms with van der Waals surface area (Å²) >= 11 is 7.28. The lowest BCUT2D eigenvalue weighted by atomic mass is 10.1. The second kappa shape index (κ2) is 8.03.